The van der Waals surface area contributed by atoms with Crippen molar-refractivity contribution in [2.45, 2.75) is 13.8 Å². The van der Waals surface area contributed by atoms with Crippen LogP contribution in [0.3, 0.4) is 0 Å². The van der Waals surface area contributed by atoms with E-state index in [1.54, 1.807) is 13.0 Å². The van der Waals surface area contributed by atoms with Gasteiger partial charge in [0.15, 0.2) is 5.76 Å². The average molecular weight is 164 g/mol. The van der Waals surface area contributed by atoms with E-state index in [2.05, 4.69) is 5.92 Å². The SMILES string of the molecule is Cc1cc(C#CC(=O)O)oc1C. The Labute approximate surface area is 70.0 Å². The van der Waals surface area contributed by atoms with Crippen LogP contribution in [0.2, 0.25) is 0 Å². The van der Waals surface area contributed by atoms with E-state index in [1.807, 2.05) is 12.8 Å². The summed E-state index contributed by atoms with van der Waals surface area (Å²) in [6, 6.07) is 1.71. The van der Waals surface area contributed by atoms with Crippen LogP contribution < -0.4 is 0 Å². The predicted molar refractivity (Wildman–Crippen MR) is 42.7 cm³/mol. The van der Waals surface area contributed by atoms with Crippen LogP contribution in [0.1, 0.15) is 17.1 Å². The maximum atomic E-state index is 10.0. The number of aryl methyl sites for hydroxylation is 2. The van der Waals surface area contributed by atoms with Crippen LogP contribution in [0, 0.1) is 25.7 Å². The molecule has 0 fully saturated rings. The standard InChI is InChI=1S/C9H8O3/c1-6-5-8(12-7(6)2)3-4-9(10)11/h5H,1-2H3,(H,10,11). The summed E-state index contributed by atoms with van der Waals surface area (Å²) in [5.41, 5.74) is 0.977. The first-order valence-electron chi connectivity index (χ1n) is 3.41. The van der Waals surface area contributed by atoms with E-state index in [0.717, 1.165) is 11.3 Å². The van der Waals surface area contributed by atoms with Gasteiger partial charge in [0.25, 0.3) is 0 Å². The molecule has 1 rings (SSSR count). The Balaban J connectivity index is 2.93. The second-order valence-corrected chi connectivity index (χ2v) is 2.41. The van der Waals surface area contributed by atoms with Gasteiger partial charge in [-0.1, -0.05) is 0 Å². The van der Waals surface area contributed by atoms with Crippen LogP contribution in [0.5, 0.6) is 0 Å². The van der Waals surface area contributed by atoms with Crippen molar-refractivity contribution < 1.29 is 14.3 Å². The lowest BCUT2D eigenvalue weighted by atomic mass is 10.3. The Kier molecular flexibility index (Phi) is 2.20. The highest BCUT2D eigenvalue weighted by molar-refractivity contribution is 5.87. The predicted octanol–water partition coefficient (Wildman–Crippen LogP) is 1.33. The van der Waals surface area contributed by atoms with E-state index in [9.17, 15) is 4.79 Å². The zero-order valence-corrected chi connectivity index (χ0v) is 6.84. The van der Waals surface area contributed by atoms with E-state index >= 15 is 0 Å². The Morgan fingerprint density at radius 1 is 1.58 bits per heavy atom. The first-order valence-corrected chi connectivity index (χ1v) is 3.41. The van der Waals surface area contributed by atoms with Gasteiger partial charge in [0, 0.05) is 5.92 Å². The molecular formula is C9H8O3. The monoisotopic (exact) mass is 164 g/mol. The summed E-state index contributed by atoms with van der Waals surface area (Å²) in [4.78, 5) is 10.0. The number of hydrogen-bond acceptors (Lipinski definition) is 2. The molecule has 0 amide bonds. The normalized spacial score (nSPS) is 8.83. The van der Waals surface area contributed by atoms with Crippen molar-refractivity contribution in [3.05, 3.63) is 23.2 Å². The second kappa shape index (κ2) is 3.14. The van der Waals surface area contributed by atoms with E-state index in [1.165, 1.54) is 0 Å². The number of carboxylic acid groups (broad SMARTS) is 1. The molecule has 3 heteroatoms. The zero-order chi connectivity index (χ0) is 9.14. The fourth-order valence-corrected chi connectivity index (χ4v) is 0.750. The number of furan rings is 1. The summed E-state index contributed by atoms with van der Waals surface area (Å²) >= 11 is 0. The highest BCUT2D eigenvalue weighted by Crippen LogP contribution is 2.11. The molecule has 1 N–H and O–H groups in total. The van der Waals surface area contributed by atoms with Gasteiger partial charge in [-0.2, -0.15) is 0 Å². The quantitative estimate of drug-likeness (QED) is 0.588. The van der Waals surface area contributed by atoms with Crippen molar-refractivity contribution in [3.8, 4) is 11.8 Å². The van der Waals surface area contributed by atoms with Crippen molar-refractivity contribution in [3.63, 3.8) is 0 Å². The molecule has 0 aliphatic heterocycles. The summed E-state index contributed by atoms with van der Waals surface area (Å²) in [5.74, 6) is 4.38. The molecule has 0 saturated heterocycles. The number of carboxylic acids is 1. The number of hydrogen-bond donors (Lipinski definition) is 1. The molecule has 0 aliphatic carbocycles. The van der Waals surface area contributed by atoms with Gasteiger partial charge in [-0.25, -0.2) is 4.79 Å². The third kappa shape index (κ3) is 1.89. The van der Waals surface area contributed by atoms with Crippen LogP contribution in [-0.2, 0) is 4.79 Å². The van der Waals surface area contributed by atoms with E-state index in [-0.39, 0.29) is 0 Å². The van der Waals surface area contributed by atoms with Crippen molar-refractivity contribution in [2.75, 3.05) is 0 Å². The topological polar surface area (TPSA) is 50.4 Å². The minimum Gasteiger partial charge on any atom is -0.472 e. The van der Waals surface area contributed by atoms with Crippen molar-refractivity contribution in [2.24, 2.45) is 0 Å². The fraction of sp³-hybridized carbons (Fsp3) is 0.222. The summed E-state index contributed by atoms with van der Waals surface area (Å²) in [6.45, 7) is 3.69. The van der Waals surface area contributed by atoms with Gasteiger partial charge in [-0.05, 0) is 31.4 Å². The third-order valence-electron chi connectivity index (χ3n) is 1.46. The van der Waals surface area contributed by atoms with Gasteiger partial charge in [0.2, 0.25) is 0 Å². The largest absolute Gasteiger partial charge is 0.472 e. The molecule has 0 bridgehead atoms. The third-order valence-corrected chi connectivity index (χ3v) is 1.46. The van der Waals surface area contributed by atoms with Crippen molar-refractivity contribution in [1.29, 1.82) is 0 Å². The van der Waals surface area contributed by atoms with Gasteiger partial charge in [0.05, 0.1) is 0 Å². The minimum absolute atomic E-state index is 0.396. The van der Waals surface area contributed by atoms with Gasteiger partial charge in [0.1, 0.15) is 5.76 Å². The van der Waals surface area contributed by atoms with Crippen molar-refractivity contribution in [1.82, 2.24) is 0 Å². The maximum Gasteiger partial charge on any atom is 0.382 e. The lowest BCUT2D eigenvalue weighted by Gasteiger charge is -1.80. The molecule has 0 spiro atoms. The van der Waals surface area contributed by atoms with Gasteiger partial charge in [-0.3, -0.25) is 0 Å². The Morgan fingerprint density at radius 2 is 2.25 bits per heavy atom. The number of aliphatic carboxylic acids is 1. The van der Waals surface area contributed by atoms with Gasteiger partial charge < -0.3 is 9.52 Å². The number of rotatable bonds is 0. The summed E-state index contributed by atoms with van der Waals surface area (Å²) in [5, 5.41) is 8.24. The van der Waals surface area contributed by atoms with Crippen LogP contribution >= 0.6 is 0 Å². The van der Waals surface area contributed by atoms with Gasteiger partial charge in [-0.15, -0.1) is 0 Å². The molecular weight excluding hydrogens is 156 g/mol. The van der Waals surface area contributed by atoms with Crippen LogP contribution in [0.15, 0.2) is 10.5 Å². The van der Waals surface area contributed by atoms with Crippen molar-refractivity contribution >= 4 is 5.97 Å². The highest BCUT2D eigenvalue weighted by Gasteiger charge is 1.99. The molecule has 0 atom stereocenters. The van der Waals surface area contributed by atoms with E-state index in [0.29, 0.717) is 5.76 Å². The summed E-state index contributed by atoms with van der Waals surface area (Å²) in [6.07, 6.45) is 0. The smallest absolute Gasteiger partial charge is 0.382 e. The maximum absolute atomic E-state index is 10.0. The molecule has 1 heterocycles. The second-order valence-electron chi connectivity index (χ2n) is 2.41. The van der Waals surface area contributed by atoms with Crippen LogP contribution in [0.25, 0.3) is 0 Å². The Bertz CT molecular complexity index is 343. The molecule has 1 aromatic heterocycles. The number of carbonyl (C=O) groups is 1. The summed E-state index contributed by atoms with van der Waals surface area (Å²) < 4.78 is 5.13. The molecule has 0 aromatic carbocycles. The zero-order valence-electron chi connectivity index (χ0n) is 6.84. The molecule has 0 aliphatic rings. The molecule has 0 radical (unpaired) electrons. The average Bonchev–Trinajstić information content (AvgIpc) is 2.28. The molecule has 12 heavy (non-hydrogen) atoms. The molecule has 1 aromatic rings. The highest BCUT2D eigenvalue weighted by atomic mass is 16.4. The molecule has 0 unspecified atom stereocenters. The van der Waals surface area contributed by atoms with Crippen LogP contribution in [0.4, 0.5) is 0 Å². The first kappa shape index (κ1) is 8.41. The molecule has 3 nitrogen and oxygen atoms in total. The Morgan fingerprint density at radius 3 is 2.67 bits per heavy atom. The lowest BCUT2D eigenvalue weighted by Crippen LogP contribution is -1.86. The van der Waals surface area contributed by atoms with E-state index in [4.69, 9.17) is 9.52 Å². The fourth-order valence-electron chi connectivity index (χ4n) is 0.750. The molecule has 0 saturated carbocycles. The summed E-state index contributed by atoms with van der Waals surface area (Å²) in [7, 11) is 0. The van der Waals surface area contributed by atoms with Gasteiger partial charge >= 0.3 is 5.97 Å². The lowest BCUT2D eigenvalue weighted by molar-refractivity contribution is -0.130. The van der Waals surface area contributed by atoms with Crippen LogP contribution in [-0.4, -0.2) is 11.1 Å². The minimum atomic E-state index is -1.15. The molecule has 62 valence electrons. The Hall–Kier alpha value is -1.69. The van der Waals surface area contributed by atoms with E-state index < -0.39 is 5.97 Å². The first-order chi connectivity index (χ1) is 5.59.